The first kappa shape index (κ1) is 16.6. The summed E-state index contributed by atoms with van der Waals surface area (Å²) in [6.45, 7) is 0.913. The minimum atomic E-state index is -0.829. The van der Waals surface area contributed by atoms with Gasteiger partial charge in [0, 0.05) is 19.1 Å². The maximum atomic E-state index is 13.3. The fourth-order valence-electron chi connectivity index (χ4n) is 2.89. The summed E-state index contributed by atoms with van der Waals surface area (Å²) in [4.78, 5) is 0. The van der Waals surface area contributed by atoms with Crippen LogP contribution in [0.4, 0.5) is 8.78 Å². The average molecular weight is 326 g/mol. The molecule has 2 nitrogen and oxygen atoms in total. The SMILES string of the molecule is NCC(Cc1cccc2ccccc12)NCc1ccc(F)c(F)c1. The normalized spacial score (nSPS) is 12.5. The minimum Gasteiger partial charge on any atom is -0.329 e. The Bertz CT molecular complexity index is 827. The van der Waals surface area contributed by atoms with Crippen molar-refractivity contribution in [2.75, 3.05) is 6.54 Å². The first-order chi connectivity index (χ1) is 11.7. The monoisotopic (exact) mass is 326 g/mol. The molecule has 0 aliphatic carbocycles. The Morgan fingerprint density at radius 2 is 1.71 bits per heavy atom. The molecule has 3 N–H and O–H groups in total. The highest BCUT2D eigenvalue weighted by Gasteiger charge is 2.10. The lowest BCUT2D eigenvalue weighted by atomic mass is 9.98. The molecule has 0 fully saturated rings. The first-order valence-corrected chi connectivity index (χ1v) is 8.01. The fraction of sp³-hybridized carbons (Fsp3) is 0.200. The predicted molar refractivity (Wildman–Crippen MR) is 93.7 cm³/mol. The number of hydrogen-bond acceptors (Lipinski definition) is 2. The zero-order valence-electron chi connectivity index (χ0n) is 13.3. The van der Waals surface area contributed by atoms with Crippen molar-refractivity contribution in [3.63, 3.8) is 0 Å². The number of nitrogens with one attached hydrogen (secondary N) is 1. The molecule has 0 saturated carbocycles. The second-order valence-electron chi connectivity index (χ2n) is 5.90. The van der Waals surface area contributed by atoms with E-state index in [0.717, 1.165) is 12.5 Å². The summed E-state index contributed by atoms with van der Waals surface area (Å²) in [5.41, 5.74) is 7.81. The lowest BCUT2D eigenvalue weighted by molar-refractivity contribution is 0.497. The zero-order valence-corrected chi connectivity index (χ0v) is 13.3. The van der Waals surface area contributed by atoms with Gasteiger partial charge in [0.2, 0.25) is 0 Å². The molecule has 24 heavy (non-hydrogen) atoms. The maximum Gasteiger partial charge on any atom is 0.159 e. The van der Waals surface area contributed by atoms with Gasteiger partial charge in [-0.25, -0.2) is 8.78 Å². The van der Waals surface area contributed by atoms with Crippen LogP contribution in [-0.4, -0.2) is 12.6 Å². The van der Waals surface area contributed by atoms with Crippen molar-refractivity contribution in [2.45, 2.75) is 19.0 Å². The van der Waals surface area contributed by atoms with E-state index in [1.54, 1.807) is 6.07 Å². The molecule has 0 bridgehead atoms. The first-order valence-electron chi connectivity index (χ1n) is 8.01. The van der Waals surface area contributed by atoms with Crippen LogP contribution < -0.4 is 11.1 Å². The highest BCUT2D eigenvalue weighted by Crippen LogP contribution is 2.20. The van der Waals surface area contributed by atoms with Crippen molar-refractivity contribution in [3.05, 3.63) is 83.4 Å². The third kappa shape index (κ3) is 3.78. The van der Waals surface area contributed by atoms with Crippen LogP contribution in [0.5, 0.6) is 0 Å². The molecule has 0 amide bonds. The molecule has 0 spiro atoms. The summed E-state index contributed by atoms with van der Waals surface area (Å²) in [5, 5.41) is 5.75. The molecule has 0 aromatic heterocycles. The van der Waals surface area contributed by atoms with Gasteiger partial charge in [0.15, 0.2) is 11.6 Å². The molecule has 0 radical (unpaired) electrons. The van der Waals surface area contributed by atoms with Crippen LogP contribution in [0.25, 0.3) is 10.8 Å². The van der Waals surface area contributed by atoms with E-state index in [-0.39, 0.29) is 6.04 Å². The van der Waals surface area contributed by atoms with Crippen molar-refractivity contribution in [3.8, 4) is 0 Å². The summed E-state index contributed by atoms with van der Waals surface area (Å²) in [5.74, 6) is -1.66. The quantitative estimate of drug-likeness (QED) is 0.723. The third-order valence-electron chi connectivity index (χ3n) is 4.21. The Morgan fingerprint density at radius 1 is 0.917 bits per heavy atom. The third-order valence-corrected chi connectivity index (χ3v) is 4.21. The molecule has 4 heteroatoms. The lowest BCUT2D eigenvalue weighted by Gasteiger charge is -2.18. The van der Waals surface area contributed by atoms with E-state index in [1.165, 1.54) is 22.4 Å². The Kier molecular flexibility index (Phi) is 5.18. The number of benzene rings is 3. The molecule has 3 aromatic rings. The Hall–Kier alpha value is -2.30. The van der Waals surface area contributed by atoms with Gasteiger partial charge >= 0.3 is 0 Å². The standard InChI is InChI=1S/C20H20F2N2/c21-19-9-8-14(10-20(19)22)13-24-17(12-23)11-16-6-3-5-15-4-1-2-7-18(15)16/h1-10,17,24H,11-13,23H2. The summed E-state index contributed by atoms with van der Waals surface area (Å²) in [6.07, 6.45) is 0.779. The van der Waals surface area contributed by atoms with Crippen molar-refractivity contribution >= 4 is 10.8 Å². The van der Waals surface area contributed by atoms with E-state index < -0.39 is 11.6 Å². The van der Waals surface area contributed by atoms with Crippen LogP contribution >= 0.6 is 0 Å². The van der Waals surface area contributed by atoms with E-state index in [1.807, 2.05) is 18.2 Å². The summed E-state index contributed by atoms with van der Waals surface area (Å²) in [6, 6.07) is 18.5. The number of nitrogens with two attached hydrogens (primary N) is 1. The molecule has 3 rings (SSSR count). The van der Waals surface area contributed by atoms with Gasteiger partial charge in [-0.3, -0.25) is 0 Å². The summed E-state index contributed by atoms with van der Waals surface area (Å²) >= 11 is 0. The van der Waals surface area contributed by atoms with Crippen molar-refractivity contribution < 1.29 is 8.78 Å². The number of hydrogen-bond donors (Lipinski definition) is 2. The fourth-order valence-corrected chi connectivity index (χ4v) is 2.89. The smallest absolute Gasteiger partial charge is 0.159 e. The van der Waals surface area contributed by atoms with Crippen LogP contribution in [0.15, 0.2) is 60.7 Å². The topological polar surface area (TPSA) is 38.0 Å². The van der Waals surface area contributed by atoms with Crippen LogP contribution in [0, 0.1) is 11.6 Å². The van der Waals surface area contributed by atoms with E-state index in [2.05, 4.69) is 29.6 Å². The highest BCUT2D eigenvalue weighted by atomic mass is 19.2. The second kappa shape index (κ2) is 7.51. The number of fused-ring (bicyclic) bond motifs is 1. The van der Waals surface area contributed by atoms with Crippen molar-refractivity contribution in [1.29, 1.82) is 0 Å². The average Bonchev–Trinajstić information content (AvgIpc) is 2.61. The van der Waals surface area contributed by atoms with Crippen molar-refractivity contribution in [2.24, 2.45) is 5.73 Å². The van der Waals surface area contributed by atoms with Gasteiger partial charge in [0.1, 0.15) is 0 Å². The van der Waals surface area contributed by atoms with Gasteiger partial charge in [-0.2, -0.15) is 0 Å². The molecule has 0 heterocycles. The van der Waals surface area contributed by atoms with Crippen molar-refractivity contribution in [1.82, 2.24) is 5.32 Å². The Balaban J connectivity index is 1.71. The molecular weight excluding hydrogens is 306 g/mol. The summed E-state index contributed by atoms with van der Waals surface area (Å²) < 4.78 is 26.3. The highest BCUT2D eigenvalue weighted by molar-refractivity contribution is 5.85. The maximum absolute atomic E-state index is 13.3. The molecule has 1 unspecified atom stereocenters. The van der Waals surface area contributed by atoms with Crippen LogP contribution in [-0.2, 0) is 13.0 Å². The molecule has 1 atom stereocenters. The molecule has 3 aromatic carbocycles. The number of halogens is 2. The Morgan fingerprint density at radius 3 is 2.50 bits per heavy atom. The van der Waals surface area contributed by atoms with E-state index in [4.69, 9.17) is 5.73 Å². The minimum absolute atomic E-state index is 0.0592. The molecule has 0 aliphatic heterocycles. The van der Waals surface area contributed by atoms with Crippen LogP contribution in [0.3, 0.4) is 0 Å². The Labute approximate surface area is 140 Å². The number of rotatable bonds is 6. The largest absolute Gasteiger partial charge is 0.329 e. The lowest BCUT2D eigenvalue weighted by Crippen LogP contribution is -2.37. The van der Waals surface area contributed by atoms with Gasteiger partial charge in [-0.1, -0.05) is 48.5 Å². The van der Waals surface area contributed by atoms with Gasteiger partial charge < -0.3 is 11.1 Å². The molecule has 0 aliphatic rings. The van der Waals surface area contributed by atoms with Gasteiger partial charge in [-0.15, -0.1) is 0 Å². The van der Waals surface area contributed by atoms with Gasteiger partial charge in [0.05, 0.1) is 0 Å². The predicted octanol–water partition coefficient (Wildman–Crippen LogP) is 3.78. The zero-order chi connectivity index (χ0) is 16.9. The van der Waals surface area contributed by atoms with E-state index >= 15 is 0 Å². The molecule has 0 saturated heterocycles. The van der Waals surface area contributed by atoms with Gasteiger partial charge in [-0.05, 0) is 40.5 Å². The van der Waals surface area contributed by atoms with E-state index in [9.17, 15) is 8.78 Å². The van der Waals surface area contributed by atoms with E-state index in [0.29, 0.717) is 18.7 Å². The van der Waals surface area contributed by atoms with Crippen LogP contribution in [0.2, 0.25) is 0 Å². The summed E-state index contributed by atoms with van der Waals surface area (Å²) in [7, 11) is 0. The second-order valence-corrected chi connectivity index (χ2v) is 5.90. The molecule has 124 valence electrons. The van der Waals surface area contributed by atoms with Crippen LogP contribution in [0.1, 0.15) is 11.1 Å². The van der Waals surface area contributed by atoms with Gasteiger partial charge in [0.25, 0.3) is 0 Å². The molecular formula is C20H20F2N2.